The van der Waals surface area contributed by atoms with Crippen LogP contribution >= 0.6 is 0 Å². The molecule has 4 aliphatic rings. The molecule has 2 amide bonds. The van der Waals surface area contributed by atoms with Crippen LogP contribution in [0.4, 0.5) is 17.5 Å². The first-order valence-electron chi connectivity index (χ1n) is 15.3. The Kier molecular flexibility index (Phi) is 7.43. The molecular formula is C31H42N6O4S. The van der Waals surface area contributed by atoms with Crippen molar-refractivity contribution in [2.45, 2.75) is 89.1 Å². The Labute approximate surface area is 248 Å². The minimum Gasteiger partial charge on any atom is -0.370 e. The lowest BCUT2D eigenvalue weighted by Gasteiger charge is -2.34. The lowest BCUT2D eigenvalue weighted by molar-refractivity contribution is -0.120. The Balaban J connectivity index is 1.31. The SMILES string of the molecule is CC1(CCCC2CCN(c3ccc4c(n3)N3C[C@@H](CCCNc5cccc(n5)S(=O)(=O)NC4=O)CC3(C)C)C2=O)CC1. The molecule has 2 aromatic heterocycles. The summed E-state index contributed by atoms with van der Waals surface area (Å²) in [5.41, 5.74) is 0.340. The van der Waals surface area contributed by atoms with E-state index in [1.54, 1.807) is 29.2 Å². The van der Waals surface area contributed by atoms with Gasteiger partial charge in [0.05, 0.1) is 5.56 Å². The van der Waals surface area contributed by atoms with E-state index in [1.807, 2.05) is 0 Å². The number of carbonyl (C=O) groups excluding carboxylic acids is 2. The van der Waals surface area contributed by atoms with Crippen LogP contribution in [0.3, 0.4) is 0 Å². The number of anilines is 3. The summed E-state index contributed by atoms with van der Waals surface area (Å²) in [4.78, 5) is 40.1. The first-order chi connectivity index (χ1) is 19.9. The second-order valence-electron chi connectivity index (χ2n) is 13.6. The average Bonchev–Trinajstić information content (AvgIpc) is 3.44. The first kappa shape index (κ1) is 28.9. The molecule has 2 saturated heterocycles. The number of nitrogens with zero attached hydrogens (tertiary/aromatic N) is 4. The zero-order chi connectivity index (χ0) is 29.7. The van der Waals surface area contributed by atoms with Crippen molar-refractivity contribution >= 4 is 39.3 Å². The van der Waals surface area contributed by atoms with E-state index in [4.69, 9.17) is 4.98 Å². The topological polar surface area (TPSA) is 125 Å². The van der Waals surface area contributed by atoms with Crippen molar-refractivity contribution < 1.29 is 18.0 Å². The zero-order valence-electron chi connectivity index (χ0n) is 24.9. The smallest absolute Gasteiger partial charge is 0.281 e. The molecular weight excluding hydrogens is 552 g/mol. The van der Waals surface area contributed by atoms with Gasteiger partial charge in [-0.15, -0.1) is 0 Å². The molecule has 42 heavy (non-hydrogen) atoms. The standard InChI is InChI=1S/C31H42N6O4S/c1-30(2)19-21-7-6-17-32-24-9-4-10-26(33-24)42(40,41)35-28(38)23-11-12-25(34-27(23)37(30)20-21)36-18-13-22(29(36)39)8-5-14-31(3)15-16-31/h4,9-12,21-22H,5-8,13-20H2,1-3H3,(H,32,33)(H,35,38)/t21-,22?/m0/s1. The highest BCUT2D eigenvalue weighted by Crippen LogP contribution is 2.49. The lowest BCUT2D eigenvalue weighted by atomic mass is 9.93. The van der Waals surface area contributed by atoms with Gasteiger partial charge < -0.3 is 10.2 Å². The largest absolute Gasteiger partial charge is 0.370 e. The summed E-state index contributed by atoms with van der Waals surface area (Å²) in [5, 5.41) is 2.99. The van der Waals surface area contributed by atoms with Gasteiger partial charge in [-0.25, -0.2) is 14.7 Å². The Bertz CT molecular complexity index is 1490. The summed E-state index contributed by atoms with van der Waals surface area (Å²) in [5.74, 6) is 1.08. The number of amides is 2. The van der Waals surface area contributed by atoms with Crippen molar-refractivity contribution in [3.63, 3.8) is 0 Å². The molecule has 5 heterocycles. The van der Waals surface area contributed by atoms with Crippen LogP contribution in [-0.2, 0) is 14.8 Å². The van der Waals surface area contributed by atoms with E-state index >= 15 is 0 Å². The molecule has 2 aromatic rings. The number of hydrogen-bond donors (Lipinski definition) is 2. The van der Waals surface area contributed by atoms with Crippen molar-refractivity contribution in [3.05, 3.63) is 35.9 Å². The van der Waals surface area contributed by atoms with Crippen LogP contribution < -0.4 is 19.8 Å². The molecule has 10 nitrogen and oxygen atoms in total. The number of carbonyl (C=O) groups is 2. The van der Waals surface area contributed by atoms with E-state index in [-0.39, 0.29) is 28.0 Å². The molecule has 1 unspecified atom stereocenters. The zero-order valence-corrected chi connectivity index (χ0v) is 25.7. The van der Waals surface area contributed by atoms with Crippen LogP contribution in [0.5, 0.6) is 0 Å². The molecule has 1 saturated carbocycles. The fraction of sp³-hybridized carbons (Fsp3) is 0.613. The molecule has 1 aliphatic carbocycles. The van der Waals surface area contributed by atoms with Gasteiger partial charge in [0.1, 0.15) is 17.5 Å². The molecule has 4 bridgehead atoms. The van der Waals surface area contributed by atoms with Gasteiger partial charge in [0, 0.05) is 31.1 Å². The summed E-state index contributed by atoms with van der Waals surface area (Å²) in [6.45, 7) is 8.54. The van der Waals surface area contributed by atoms with Crippen molar-refractivity contribution in [2.24, 2.45) is 17.3 Å². The lowest BCUT2D eigenvalue weighted by Crippen LogP contribution is -2.41. The Morgan fingerprint density at radius 3 is 2.64 bits per heavy atom. The normalized spacial score (nSPS) is 26.1. The second kappa shape index (κ2) is 10.8. The van der Waals surface area contributed by atoms with Crippen LogP contribution in [0.1, 0.15) is 88.9 Å². The number of pyridine rings is 2. The molecule has 2 N–H and O–H groups in total. The average molecular weight is 595 g/mol. The molecule has 3 fully saturated rings. The van der Waals surface area contributed by atoms with Crippen molar-refractivity contribution in [3.8, 4) is 0 Å². The van der Waals surface area contributed by atoms with E-state index in [2.05, 4.69) is 40.7 Å². The van der Waals surface area contributed by atoms with E-state index < -0.39 is 15.9 Å². The van der Waals surface area contributed by atoms with Gasteiger partial charge in [0.25, 0.3) is 15.9 Å². The Hall–Kier alpha value is -3.21. The number of fused-ring (bicyclic) bond motifs is 6. The highest BCUT2D eigenvalue weighted by atomic mass is 32.2. The third kappa shape index (κ3) is 5.85. The fourth-order valence-corrected chi connectivity index (χ4v) is 7.83. The predicted octanol–water partition coefficient (Wildman–Crippen LogP) is 4.73. The third-order valence-electron chi connectivity index (χ3n) is 9.67. The third-order valence-corrected chi connectivity index (χ3v) is 10.9. The number of nitrogens with one attached hydrogen (secondary N) is 2. The number of hydrogen-bond acceptors (Lipinski definition) is 8. The second-order valence-corrected chi connectivity index (χ2v) is 15.2. The quantitative estimate of drug-likeness (QED) is 0.509. The van der Waals surface area contributed by atoms with Crippen LogP contribution in [0, 0.1) is 17.3 Å². The summed E-state index contributed by atoms with van der Waals surface area (Å²) >= 11 is 0. The minimum absolute atomic E-state index is 0.00956. The first-order valence-corrected chi connectivity index (χ1v) is 16.8. The van der Waals surface area contributed by atoms with Crippen molar-refractivity contribution in [1.82, 2.24) is 14.7 Å². The molecule has 0 radical (unpaired) electrons. The molecule has 6 rings (SSSR count). The van der Waals surface area contributed by atoms with Crippen LogP contribution in [-0.4, -0.2) is 55.4 Å². The number of sulfonamides is 1. The maximum atomic E-state index is 13.6. The van der Waals surface area contributed by atoms with Crippen LogP contribution in [0.15, 0.2) is 35.4 Å². The summed E-state index contributed by atoms with van der Waals surface area (Å²) in [6.07, 6.45) is 9.28. The monoisotopic (exact) mass is 594 g/mol. The molecule has 0 spiro atoms. The van der Waals surface area contributed by atoms with Crippen LogP contribution in [0.2, 0.25) is 0 Å². The minimum atomic E-state index is -4.23. The maximum absolute atomic E-state index is 13.6. The van der Waals surface area contributed by atoms with Gasteiger partial charge in [-0.2, -0.15) is 8.42 Å². The highest BCUT2D eigenvalue weighted by Gasteiger charge is 2.42. The van der Waals surface area contributed by atoms with Gasteiger partial charge in [-0.05, 0) is 101 Å². The van der Waals surface area contributed by atoms with E-state index in [1.165, 1.54) is 25.3 Å². The summed E-state index contributed by atoms with van der Waals surface area (Å²) in [7, 11) is -4.23. The molecule has 11 heteroatoms. The Morgan fingerprint density at radius 1 is 1.05 bits per heavy atom. The molecule has 2 atom stereocenters. The summed E-state index contributed by atoms with van der Waals surface area (Å²) in [6, 6.07) is 7.99. The fourth-order valence-electron chi connectivity index (χ4n) is 6.90. The van der Waals surface area contributed by atoms with Gasteiger partial charge in [0.2, 0.25) is 5.91 Å². The van der Waals surface area contributed by atoms with Gasteiger partial charge in [-0.1, -0.05) is 19.4 Å². The summed E-state index contributed by atoms with van der Waals surface area (Å²) < 4.78 is 28.6. The maximum Gasteiger partial charge on any atom is 0.281 e. The van der Waals surface area contributed by atoms with Gasteiger partial charge >= 0.3 is 0 Å². The van der Waals surface area contributed by atoms with Crippen LogP contribution in [0.25, 0.3) is 0 Å². The molecule has 226 valence electrons. The van der Waals surface area contributed by atoms with Gasteiger partial charge in [-0.3, -0.25) is 14.5 Å². The Morgan fingerprint density at radius 2 is 1.86 bits per heavy atom. The predicted molar refractivity (Wildman–Crippen MR) is 162 cm³/mol. The van der Waals surface area contributed by atoms with Crippen molar-refractivity contribution in [1.29, 1.82) is 0 Å². The number of rotatable bonds is 5. The molecule has 0 aromatic carbocycles. The van der Waals surface area contributed by atoms with Gasteiger partial charge in [0.15, 0.2) is 5.03 Å². The van der Waals surface area contributed by atoms with Crippen molar-refractivity contribution in [2.75, 3.05) is 34.8 Å². The number of aromatic nitrogens is 2. The van der Waals surface area contributed by atoms with E-state index in [9.17, 15) is 18.0 Å². The van der Waals surface area contributed by atoms with E-state index in [0.29, 0.717) is 48.4 Å². The van der Waals surface area contributed by atoms with E-state index in [0.717, 1.165) is 38.5 Å². The highest BCUT2D eigenvalue weighted by molar-refractivity contribution is 7.90. The molecule has 3 aliphatic heterocycles.